The van der Waals surface area contributed by atoms with Gasteiger partial charge in [-0.05, 0) is 163 Å². The zero-order valence-electron chi connectivity index (χ0n) is 49.6. The van der Waals surface area contributed by atoms with E-state index in [1.165, 1.54) is 45.8 Å². The Kier molecular flexibility index (Phi) is 15.5. The summed E-state index contributed by atoms with van der Waals surface area (Å²) in [5, 5.41) is 4.78. The molecule has 438 valence electrons. The second-order valence-electron chi connectivity index (χ2n) is 25.1. The van der Waals surface area contributed by atoms with Crippen LogP contribution >= 0.6 is 0 Å². The average molecular weight is 1490 g/mol. The predicted molar refractivity (Wildman–Crippen MR) is 334 cm³/mol. The third kappa shape index (κ3) is 10.7. The van der Waals surface area contributed by atoms with Crippen LogP contribution in [0.5, 0.6) is 23.0 Å². The number of para-hydroxylation sites is 4. The Morgan fingerprint density at radius 3 is 1.10 bits per heavy atom. The zero-order chi connectivity index (χ0) is 57.5. The second-order valence-corrected chi connectivity index (χ2v) is 25.1. The van der Waals surface area contributed by atoms with E-state index in [1.54, 1.807) is 24.5 Å². The predicted octanol–water partition coefficient (Wildman–Crippen LogP) is 16.4. The van der Waals surface area contributed by atoms with Crippen LogP contribution in [-0.4, -0.2) is 41.3 Å². The third-order valence-corrected chi connectivity index (χ3v) is 17.3. The molecule has 0 amide bonds. The van der Waals surface area contributed by atoms with Crippen molar-refractivity contribution in [2.45, 2.75) is 116 Å². The molecule has 8 aromatic carbocycles. The monoisotopic (exact) mass is 1490 g/mol. The van der Waals surface area contributed by atoms with E-state index in [2.05, 4.69) is 252 Å². The zero-order valence-corrected chi connectivity index (χ0v) is 54.1. The first kappa shape index (κ1) is 58.5. The Morgan fingerprint density at radius 1 is 0.384 bits per heavy atom. The third-order valence-electron chi connectivity index (χ3n) is 17.3. The van der Waals surface area contributed by atoms with Gasteiger partial charge in [-0.15, -0.1) is 47.8 Å². The van der Waals surface area contributed by atoms with Crippen LogP contribution in [0.1, 0.15) is 93.9 Å². The van der Waals surface area contributed by atoms with E-state index in [4.69, 9.17) is 9.47 Å². The summed E-state index contributed by atoms with van der Waals surface area (Å²) < 4.78 is 21.6. The first-order valence-corrected chi connectivity index (χ1v) is 29.3. The summed E-state index contributed by atoms with van der Waals surface area (Å²) in [7, 11) is 0. The van der Waals surface area contributed by atoms with Crippen molar-refractivity contribution in [3.63, 3.8) is 0 Å². The van der Waals surface area contributed by atoms with E-state index in [-0.39, 0.29) is 64.3 Å². The Labute approximate surface area is 533 Å². The number of nitrogens with zero attached hydrogens (tertiary/aromatic N) is 8. The summed E-state index contributed by atoms with van der Waals surface area (Å²) in [6.07, 6.45) is 17.8. The van der Waals surface area contributed by atoms with Crippen LogP contribution < -0.4 is 28.4 Å². The van der Waals surface area contributed by atoms with Crippen molar-refractivity contribution < 1.29 is 60.7 Å². The number of hydrogen-bond acceptors (Lipinski definition) is 6. The number of rotatable bonds is 11. The van der Waals surface area contributed by atoms with Gasteiger partial charge in [0.1, 0.15) is 0 Å². The van der Waals surface area contributed by atoms with Gasteiger partial charge in [0.25, 0.3) is 12.7 Å². The number of ether oxygens (including phenoxy) is 2. The summed E-state index contributed by atoms with van der Waals surface area (Å²) in [5.41, 5.74) is 10.8. The molecule has 10 nitrogen and oxygen atoms in total. The van der Waals surface area contributed by atoms with Gasteiger partial charge in [-0.25, -0.2) is 0 Å². The fourth-order valence-corrected chi connectivity index (χ4v) is 13.9. The van der Waals surface area contributed by atoms with Crippen molar-refractivity contribution >= 4 is 55.0 Å². The standard InChI is InChI=1S/C74H66N8O2.2Pt/c1-71(2)35-19-36-72(3,4)81(71)69-43-53-23-11-9-21-51(53)41-67(69)79-49-77(63-29-13-15-31-65(63)79)55-25-17-27-57(45-55)83-59-33-39-75-61(47-59)62-48-60(34-40-76-62)84-58-28-18-26-56(46-58)78-50-80(66-32-16-14-30-64(66)78)68-42-52-22-10-12-24-54(52)44-70(68)82-73(5,6)37-20-38-74(82,7)8;;/h9-18,21-34,39-44H,19-20,35-38H2,1-8H3;;/q-4;;. The summed E-state index contributed by atoms with van der Waals surface area (Å²) in [6.45, 7) is 19.0. The van der Waals surface area contributed by atoms with Gasteiger partial charge >= 0.3 is 0 Å². The summed E-state index contributed by atoms with van der Waals surface area (Å²) in [4.78, 5) is 14.6. The van der Waals surface area contributed by atoms with Crippen molar-refractivity contribution in [3.05, 3.63) is 219 Å². The molecule has 2 aliphatic heterocycles. The largest absolute Gasteiger partial charge is 0.511 e. The topological polar surface area (TPSA) is 68.3 Å². The Morgan fingerprint density at radius 2 is 0.721 bits per heavy atom. The van der Waals surface area contributed by atoms with E-state index in [9.17, 15) is 0 Å². The van der Waals surface area contributed by atoms with Gasteiger partial charge in [0.2, 0.25) is 0 Å². The first-order chi connectivity index (χ1) is 40.6. The molecule has 14 rings (SSSR count). The molecule has 0 saturated carbocycles. The molecule has 4 aromatic heterocycles. The van der Waals surface area contributed by atoms with E-state index < -0.39 is 0 Å². The van der Waals surface area contributed by atoms with Crippen molar-refractivity contribution in [2.24, 2.45) is 0 Å². The van der Waals surface area contributed by atoms with Gasteiger partial charge in [0.15, 0.2) is 0 Å². The van der Waals surface area contributed by atoms with Crippen molar-refractivity contribution in [3.8, 4) is 57.1 Å². The van der Waals surface area contributed by atoms with Crippen molar-refractivity contribution in [1.82, 2.24) is 19.1 Å². The minimum atomic E-state index is -0.0593. The molecule has 86 heavy (non-hydrogen) atoms. The van der Waals surface area contributed by atoms with Crippen LogP contribution in [0.4, 0.5) is 11.4 Å². The first-order valence-electron chi connectivity index (χ1n) is 29.3. The van der Waals surface area contributed by atoms with Crippen molar-refractivity contribution in [1.29, 1.82) is 0 Å². The number of aromatic nitrogens is 6. The normalized spacial score (nSPS) is 16.0. The maximum atomic E-state index is 6.54. The number of hydrogen-bond donors (Lipinski definition) is 0. The molecule has 0 bridgehead atoms. The molecule has 0 spiro atoms. The summed E-state index contributed by atoms with van der Waals surface area (Å²) >= 11 is 0. The van der Waals surface area contributed by atoms with Gasteiger partial charge < -0.3 is 38.4 Å². The van der Waals surface area contributed by atoms with E-state index >= 15 is 0 Å². The van der Waals surface area contributed by atoms with Gasteiger partial charge in [-0.3, -0.25) is 9.13 Å². The van der Waals surface area contributed by atoms with Crippen LogP contribution in [0.2, 0.25) is 0 Å². The van der Waals surface area contributed by atoms with Gasteiger partial charge in [-0.1, -0.05) is 97.1 Å². The fraction of sp³-hybridized carbons (Fsp3) is 0.243. The number of fused-ring (bicyclic) bond motifs is 4. The SMILES string of the molecule is CC1(C)CCCC(C)(C)N1c1cc2ccccc2cc1-n1[c-][n+](-c2[c-]c(Oc3[c-]c(-c4[c-]c(Oc5[c-]c(-[n+]6[c-]n(-c7cc8ccccc8cc7N7C(C)(C)CCCC7(C)C)c7ccccc76)ccc5)ccn4)ncc3)ccc2)c2ccccc21.[Pt].[Pt]. The summed E-state index contributed by atoms with van der Waals surface area (Å²) in [6, 6.07) is 72.7. The molecule has 2 aliphatic rings. The number of anilines is 2. The van der Waals surface area contributed by atoms with E-state index in [0.29, 0.717) is 34.4 Å². The van der Waals surface area contributed by atoms with Crippen LogP contribution in [0.25, 0.3) is 77.7 Å². The number of piperidine rings is 2. The van der Waals surface area contributed by atoms with Gasteiger partial charge in [0, 0.05) is 87.3 Å². The van der Waals surface area contributed by atoms with Crippen LogP contribution in [0.3, 0.4) is 0 Å². The molecular weight excluding hydrogens is 1420 g/mol. The number of pyridine rings is 2. The molecule has 0 aliphatic carbocycles. The van der Waals surface area contributed by atoms with Crippen LogP contribution in [0.15, 0.2) is 182 Å². The fourth-order valence-electron chi connectivity index (χ4n) is 13.9. The van der Waals surface area contributed by atoms with E-state index in [0.717, 1.165) is 70.5 Å². The Bertz CT molecular complexity index is 4200. The van der Waals surface area contributed by atoms with Crippen molar-refractivity contribution in [2.75, 3.05) is 9.80 Å². The molecule has 2 saturated heterocycles. The number of benzene rings is 8. The molecule has 12 aromatic rings. The Balaban J connectivity index is 0.00000362. The van der Waals surface area contributed by atoms with Crippen LogP contribution in [-0.2, 0) is 42.1 Å². The maximum Gasteiger partial charge on any atom is 0.268 e. The van der Waals surface area contributed by atoms with E-state index in [1.807, 2.05) is 36.4 Å². The average Bonchev–Trinajstić information content (AvgIpc) is 1.71. The molecule has 12 heteroatoms. The van der Waals surface area contributed by atoms with Gasteiger partial charge in [-0.2, -0.15) is 36.4 Å². The smallest absolute Gasteiger partial charge is 0.268 e. The van der Waals surface area contributed by atoms with Crippen LogP contribution in [0, 0.1) is 36.9 Å². The minimum absolute atomic E-state index is 0. The molecular formula is C74H66N8O2Pt2-4. The maximum absolute atomic E-state index is 6.54. The molecule has 6 heterocycles. The Hall–Kier alpha value is -7.90. The van der Waals surface area contributed by atoms with Gasteiger partial charge in [0.05, 0.1) is 44.8 Å². The minimum Gasteiger partial charge on any atom is -0.511 e. The summed E-state index contributed by atoms with van der Waals surface area (Å²) in [5.74, 6) is 1.92. The molecule has 0 N–H and O–H groups in total. The molecule has 0 unspecified atom stereocenters. The second kappa shape index (κ2) is 22.7. The quantitative estimate of drug-likeness (QED) is 0.0949. The molecule has 0 radical (unpaired) electrons. The molecule has 2 fully saturated rings. The number of imidazole rings is 2. The molecule has 0 atom stereocenters.